The van der Waals surface area contributed by atoms with E-state index in [0.717, 1.165) is 11.1 Å². The number of benzene rings is 3. The zero-order valence-electron chi connectivity index (χ0n) is 17.2. The first-order valence-corrected chi connectivity index (χ1v) is 10.5. The lowest BCUT2D eigenvalue weighted by molar-refractivity contribution is 0.0785. The normalized spacial score (nSPS) is 10.9. The maximum absolute atomic E-state index is 13.0. The molecule has 4 rings (SSSR count). The largest absolute Gasteiger partial charge is 0.337 e. The summed E-state index contributed by atoms with van der Waals surface area (Å²) >= 11 is 5.44. The molecule has 0 aliphatic rings. The van der Waals surface area contributed by atoms with Crippen LogP contribution < -0.4 is 5.56 Å². The number of fused-ring (bicyclic) bond motifs is 1. The van der Waals surface area contributed by atoms with E-state index < -0.39 is 0 Å². The highest BCUT2D eigenvalue weighted by molar-refractivity contribution is 7.71. The first kappa shape index (κ1) is 20.8. The van der Waals surface area contributed by atoms with E-state index >= 15 is 0 Å². The third-order valence-electron chi connectivity index (χ3n) is 5.31. The van der Waals surface area contributed by atoms with E-state index in [2.05, 4.69) is 4.98 Å². The smallest absolute Gasteiger partial charge is 0.262 e. The molecule has 0 fully saturated rings. The Balaban J connectivity index is 1.59. The number of aryl methyl sites for hydroxylation is 1. The minimum absolute atomic E-state index is 0.113. The number of aromatic amines is 1. The monoisotopic (exact) mass is 429 g/mol. The topological polar surface area (TPSA) is 58.1 Å². The Bertz CT molecular complexity index is 1330. The predicted molar refractivity (Wildman–Crippen MR) is 126 cm³/mol. The highest BCUT2D eigenvalue weighted by atomic mass is 32.1. The highest BCUT2D eigenvalue weighted by Gasteiger charge is 2.14. The summed E-state index contributed by atoms with van der Waals surface area (Å²) in [6, 6.07) is 24.9. The minimum Gasteiger partial charge on any atom is -0.337 e. The molecule has 31 heavy (non-hydrogen) atoms. The molecule has 0 aliphatic carbocycles. The molecular formula is C25H23N3O2S. The third-order valence-corrected chi connectivity index (χ3v) is 5.63. The number of amides is 1. The lowest BCUT2D eigenvalue weighted by Gasteiger charge is -2.17. The second kappa shape index (κ2) is 9.10. The summed E-state index contributed by atoms with van der Waals surface area (Å²) in [5.74, 6) is -0.113. The summed E-state index contributed by atoms with van der Waals surface area (Å²) in [5, 5.41) is 0.518. The van der Waals surface area contributed by atoms with Crippen molar-refractivity contribution in [3.05, 3.63) is 111 Å². The summed E-state index contributed by atoms with van der Waals surface area (Å²) in [4.78, 5) is 30.7. The average Bonchev–Trinajstić information content (AvgIpc) is 2.79. The van der Waals surface area contributed by atoms with Gasteiger partial charge in [0.2, 0.25) is 0 Å². The van der Waals surface area contributed by atoms with Crippen LogP contribution in [0.5, 0.6) is 0 Å². The number of aromatic nitrogens is 2. The number of nitrogens with zero attached hydrogens (tertiary/aromatic N) is 2. The Labute approximate surface area is 185 Å². The van der Waals surface area contributed by atoms with E-state index in [9.17, 15) is 9.59 Å². The van der Waals surface area contributed by atoms with Gasteiger partial charge < -0.3 is 9.88 Å². The molecule has 156 valence electrons. The Morgan fingerprint density at radius 3 is 2.29 bits per heavy atom. The molecule has 0 aliphatic heterocycles. The molecule has 0 unspecified atom stereocenters. The van der Waals surface area contributed by atoms with Crippen molar-refractivity contribution in [2.45, 2.75) is 19.5 Å². The van der Waals surface area contributed by atoms with Gasteiger partial charge in [0.1, 0.15) is 0 Å². The van der Waals surface area contributed by atoms with Crippen LogP contribution in [-0.4, -0.2) is 27.4 Å². The van der Waals surface area contributed by atoms with Crippen LogP contribution in [0.25, 0.3) is 10.9 Å². The van der Waals surface area contributed by atoms with Crippen molar-refractivity contribution in [3.8, 4) is 0 Å². The standard InChI is InChI=1S/C25H23N3O2S/c1-27(17-19-10-6-3-7-11-19)23(29)20-12-13-21-22(16-20)26-25(31)28(24(21)30)15-14-18-8-4-2-5-9-18/h2-13,16H,14-15,17H2,1H3,(H,26,31). The number of carbonyl (C=O) groups is 1. The van der Waals surface area contributed by atoms with E-state index in [1.807, 2.05) is 60.7 Å². The van der Waals surface area contributed by atoms with Gasteiger partial charge in [-0.05, 0) is 48.0 Å². The molecular weight excluding hydrogens is 406 g/mol. The maximum atomic E-state index is 13.0. The summed E-state index contributed by atoms with van der Waals surface area (Å²) in [7, 11) is 1.77. The second-order valence-corrected chi connectivity index (χ2v) is 7.92. The fourth-order valence-corrected chi connectivity index (χ4v) is 3.91. The van der Waals surface area contributed by atoms with Gasteiger partial charge in [-0.15, -0.1) is 0 Å². The molecule has 0 bridgehead atoms. The van der Waals surface area contributed by atoms with E-state index in [1.165, 1.54) is 0 Å². The third kappa shape index (κ3) is 4.64. The van der Waals surface area contributed by atoms with Crippen LogP contribution in [-0.2, 0) is 19.5 Å². The number of rotatable bonds is 6. The maximum Gasteiger partial charge on any atom is 0.262 e. The van der Waals surface area contributed by atoms with Crippen molar-refractivity contribution >= 4 is 29.0 Å². The summed E-state index contributed by atoms with van der Waals surface area (Å²) < 4.78 is 1.93. The molecule has 1 amide bonds. The Kier molecular flexibility index (Phi) is 6.09. The van der Waals surface area contributed by atoms with E-state index in [4.69, 9.17) is 12.2 Å². The molecule has 0 radical (unpaired) electrons. The van der Waals surface area contributed by atoms with Gasteiger partial charge in [0.05, 0.1) is 10.9 Å². The molecule has 1 aromatic heterocycles. The van der Waals surface area contributed by atoms with Crippen LogP contribution in [0.3, 0.4) is 0 Å². The molecule has 1 heterocycles. The molecule has 1 N–H and O–H groups in total. The first-order valence-electron chi connectivity index (χ1n) is 10.1. The number of hydrogen-bond acceptors (Lipinski definition) is 3. The van der Waals surface area contributed by atoms with Gasteiger partial charge in [-0.2, -0.15) is 0 Å². The number of nitrogens with one attached hydrogen (secondary N) is 1. The number of hydrogen-bond donors (Lipinski definition) is 1. The van der Waals surface area contributed by atoms with Gasteiger partial charge >= 0.3 is 0 Å². The van der Waals surface area contributed by atoms with Crippen molar-refractivity contribution in [1.82, 2.24) is 14.5 Å². The summed E-state index contributed by atoms with van der Waals surface area (Å²) in [6.45, 7) is 1.00. The Morgan fingerprint density at radius 2 is 1.61 bits per heavy atom. The second-order valence-electron chi connectivity index (χ2n) is 7.53. The van der Waals surface area contributed by atoms with Crippen LogP contribution in [0.15, 0.2) is 83.7 Å². The Hall–Kier alpha value is -3.51. The molecule has 0 saturated heterocycles. The van der Waals surface area contributed by atoms with Crippen LogP contribution in [0.4, 0.5) is 0 Å². The van der Waals surface area contributed by atoms with Crippen LogP contribution in [0.2, 0.25) is 0 Å². The molecule has 0 spiro atoms. The van der Waals surface area contributed by atoms with Crippen molar-refractivity contribution in [2.24, 2.45) is 0 Å². The molecule has 5 nitrogen and oxygen atoms in total. The van der Waals surface area contributed by atoms with E-state index in [-0.39, 0.29) is 11.5 Å². The molecule has 0 saturated carbocycles. The van der Waals surface area contributed by atoms with E-state index in [1.54, 1.807) is 34.7 Å². The van der Waals surface area contributed by atoms with Crippen LogP contribution >= 0.6 is 12.2 Å². The van der Waals surface area contributed by atoms with Crippen molar-refractivity contribution in [2.75, 3.05) is 7.05 Å². The van der Waals surface area contributed by atoms with Gasteiger partial charge in [-0.1, -0.05) is 60.7 Å². The van der Waals surface area contributed by atoms with Crippen molar-refractivity contribution < 1.29 is 4.79 Å². The fourth-order valence-electron chi connectivity index (χ4n) is 3.63. The van der Waals surface area contributed by atoms with E-state index in [0.29, 0.717) is 40.7 Å². The van der Waals surface area contributed by atoms with Gasteiger partial charge in [0.15, 0.2) is 4.77 Å². The SMILES string of the molecule is CN(Cc1ccccc1)C(=O)c1ccc2c(=O)n(CCc3ccccc3)c(=S)[nH]c2c1. The van der Waals surface area contributed by atoms with Gasteiger partial charge in [0.25, 0.3) is 11.5 Å². The lowest BCUT2D eigenvalue weighted by Crippen LogP contribution is -2.27. The van der Waals surface area contributed by atoms with Crippen molar-refractivity contribution in [1.29, 1.82) is 0 Å². The number of H-pyrrole nitrogens is 1. The summed E-state index contributed by atoms with van der Waals surface area (Å²) in [5.41, 5.74) is 3.14. The molecule has 6 heteroatoms. The first-order chi connectivity index (χ1) is 15.0. The number of carbonyl (C=O) groups excluding carboxylic acids is 1. The van der Waals surface area contributed by atoms with Gasteiger partial charge in [0, 0.05) is 25.7 Å². The van der Waals surface area contributed by atoms with Gasteiger partial charge in [-0.3, -0.25) is 14.2 Å². The van der Waals surface area contributed by atoms with Gasteiger partial charge in [-0.25, -0.2) is 0 Å². The predicted octanol–water partition coefficient (Wildman–Crippen LogP) is 4.57. The minimum atomic E-state index is -0.147. The van der Waals surface area contributed by atoms with Crippen LogP contribution in [0.1, 0.15) is 21.5 Å². The zero-order chi connectivity index (χ0) is 21.8. The average molecular weight is 430 g/mol. The Morgan fingerprint density at radius 1 is 0.968 bits per heavy atom. The molecule has 3 aromatic carbocycles. The van der Waals surface area contributed by atoms with Crippen molar-refractivity contribution in [3.63, 3.8) is 0 Å². The highest BCUT2D eigenvalue weighted by Crippen LogP contribution is 2.14. The fraction of sp³-hybridized carbons (Fsp3) is 0.160. The molecule has 4 aromatic rings. The molecule has 0 atom stereocenters. The lowest BCUT2D eigenvalue weighted by atomic mass is 10.1. The summed E-state index contributed by atoms with van der Waals surface area (Å²) in [6.07, 6.45) is 0.713. The van der Waals surface area contributed by atoms with Crippen LogP contribution in [0, 0.1) is 4.77 Å². The zero-order valence-corrected chi connectivity index (χ0v) is 18.1. The quantitative estimate of drug-likeness (QED) is 0.457.